The SMILES string of the molecule is CC(=O)/C=C(/Nc1noc(C)n1)c1ccccc1. The molecule has 0 bridgehead atoms. The molecule has 0 saturated heterocycles. The Bertz CT molecular complexity index is 573. The molecule has 92 valence electrons. The third-order valence-corrected chi connectivity index (χ3v) is 2.21. The Labute approximate surface area is 105 Å². The Hall–Kier alpha value is -2.43. The van der Waals surface area contributed by atoms with E-state index in [1.165, 1.54) is 13.0 Å². The number of nitrogens with zero attached hydrogens (tertiary/aromatic N) is 2. The third-order valence-electron chi connectivity index (χ3n) is 2.21. The molecule has 5 nitrogen and oxygen atoms in total. The van der Waals surface area contributed by atoms with Crippen molar-refractivity contribution in [2.75, 3.05) is 5.32 Å². The molecule has 0 aliphatic rings. The normalized spacial score (nSPS) is 11.3. The fourth-order valence-electron chi connectivity index (χ4n) is 1.48. The van der Waals surface area contributed by atoms with E-state index in [0.29, 0.717) is 17.5 Å². The van der Waals surface area contributed by atoms with Gasteiger partial charge in [-0.1, -0.05) is 30.3 Å². The first-order valence-corrected chi connectivity index (χ1v) is 5.50. The van der Waals surface area contributed by atoms with Crippen molar-refractivity contribution < 1.29 is 9.32 Å². The van der Waals surface area contributed by atoms with Crippen molar-refractivity contribution >= 4 is 17.4 Å². The molecule has 0 atom stereocenters. The van der Waals surface area contributed by atoms with E-state index in [1.807, 2.05) is 30.3 Å². The quantitative estimate of drug-likeness (QED) is 0.835. The van der Waals surface area contributed by atoms with Crippen molar-refractivity contribution in [3.05, 3.63) is 47.9 Å². The maximum Gasteiger partial charge on any atom is 0.267 e. The van der Waals surface area contributed by atoms with E-state index in [9.17, 15) is 4.79 Å². The Morgan fingerprint density at radius 3 is 2.61 bits per heavy atom. The van der Waals surface area contributed by atoms with Gasteiger partial charge in [-0.15, -0.1) is 0 Å². The van der Waals surface area contributed by atoms with Crippen LogP contribution in [0.3, 0.4) is 0 Å². The fraction of sp³-hybridized carbons (Fsp3) is 0.154. The predicted octanol–water partition coefficient (Wildman–Crippen LogP) is 2.42. The van der Waals surface area contributed by atoms with Crippen molar-refractivity contribution in [1.29, 1.82) is 0 Å². The molecule has 5 heteroatoms. The van der Waals surface area contributed by atoms with E-state index in [-0.39, 0.29) is 5.78 Å². The zero-order valence-electron chi connectivity index (χ0n) is 10.2. The Morgan fingerprint density at radius 1 is 1.33 bits per heavy atom. The van der Waals surface area contributed by atoms with E-state index in [4.69, 9.17) is 4.52 Å². The largest absolute Gasteiger partial charge is 0.338 e. The molecule has 0 aliphatic heterocycles. The number of aryl methyl sites for hydroxylation is 1. The number of anilines is 1. The minimum atomic E-state index is -0.0541. The maximum atomic E-state index is 11.2. The molecule has 0 fully saturated rings. The van der Waals surface area contributed by atoms with Crippen molar-refractivity contribution in [3.8, 4) is 0 Å². The average molecular weight is 243 g/mol. The summed E-state index contributed by atoms with van der Waals surface area (Å²) in [5.74, 6) is 0.748. The molecule has 0 aliphatic carbocycles. The number of carbonyl (C=O) groups is 1. The summed E-state index contributed by atoms with van der Waals surface area (Å²) in [6, 6.07) is 9.50. The van der Waals surface area contributed by atoms with Gasteiger partial charge in [-0.2, -0.15) is 4.98 Å². The number of carbonyl (C=O) groups excluding carboxylic acids is 1. The highest BCUT2D eigenvalue weighted by molar-refractivity contribution is 5.97. The number of nitrogens with one attached hydrogen (secondary N) is 1. The van der Waals surface area contributed by atoms with Crippen molar-refractivity contribution in [3.63, 3.8) is 0 Å². The lowest BCUT2D eigenvalue weighted by atomic mass is 10.1. The van der Waals surface area contributed by atoms with E-state index in [0.717, 1.165) is 5.56 Å². The van der Waals surface area contributed by atoms with Gasteiger partial charge >= 0.3 is 0 Å². The zero-order valence-corrected chi connectivity index (χ0v) is 10.2. The molecule has 1 heterocycles. The van der Waals surface area contributed by atoms with Crippen LogP contribution in [0.5, 0.6) is 0 Å². The number of rotatable bonds is 4. The number of allylic oxidation sites excluding steroid dienone is 1. The molecule has 2 aromatic rings. The number of ketones is 1. The molecule has 0 unspecified atom stereocenters. The van der Waals surface area contributed by atoms with Gasteiger partial charge in [0.25, 0.3) is 5.95 Å². The standard InChI is InChI=1S/C13H13N3O2/c1-9(17)8-12(11-6-4-3-5-7-11)15-13-14-10(2)18-16-13/h3-8H,1-2H3,(H,15,16)/b12-8+. The summed E-state index contributed by atoms with van der Waals surface area (Å²) < 4.78 is 4.87. The Morgan fingerprint density at radius 2 is 2.06 bits per heavy atom. The lowest BCUT2D eigenvalue weighted by molar-refractivity contribution is -0.112. The highest BCUT2D eigenvalue weighted by Gasteiger charge is 2.07. The summed E-state index contributed by atoms with van der Waals surface area (Å²) in [5.41, 5.74) is 1.53. The number of aromatic nitrogens is 2. The second kappa shape index (κ2) is 5.27. The van der Waals surface area contributed by atoms with Crippen LogP contribution in [0, 0.1) is 6.92 Å². The number of benzene rings is 1. The van der Waals surface area contributed by atoms with Crippen LogP contribution in [-0.2, 0) is 4.79 Å². The first kappa shape index (κ1) is 12.0. The van der Waals surface area contributed by atoms with Gasteiger partial charge in [-0.3, -0.25) is 4.79 Å². The molecular formula is C13H13N3O2. The van der Waals surface area contributed by atoms with Gasteiger partial charge in [0, 0.05) is 13.0 Å². The topological polar surface area (TPSA) is 68.0 Å². The van der Waals surface area contributed by atoms with Gasteiger partial charge in [0.15, 0.2) is 5.78 Å². The predicted molar refractivity (Wildman–Crippen MR) is 67.8 cm³/mol. The molecule has 0 radical (unpaired) electrons. The van der Waals surface area contributed by atoms with Crippen LogP contribution in [0.2, 0.25) is 0 Å². The lowest BCUT2D eigenvalue weighted by Crippen LogP contribution is -2.02. The summed E-state index contributed by atoms with van der Waals surface area (Å²) in [4.78, 5) is 15.3. The molecule has 18 heavy (non-hydrogen) atoms. The van der Waals surface area contributed by atoms with E-state index < -0.39 is 0 Å². The van der Waals surface area contributed by atoms with Crippen LogP contribution in [-0.4, -0.2) is 15.9 Å². The van der Waals surface area contributed by atoms with Crippen molar-refractivity contribution in [2.24, 2.45) is 0 Å². The zero-order chi connectivity index (χ0) is 13.0. The maximum absolute atomic E-state index is 11.2. The second-order valence-corrected chi connectivity index (χ2v) is 3.80. The molecule has 0 amide bonds. The third kappa shape index (κ3) is 3.04. The first-order valence-electron chi connectivity index (χ1n) is 5.50. The number of hydrogen-bond donors (Lipinski definition) is 1. The minimum absolute atomic E-state index is 0.0541. The average Bonchev–Trinajstić information content (AvgIpc) is 2.75. The Balaban J connectivity index is 2.30. The fourth-order valence-corrected chi connectivity index (χ4v) is 1.48. The van der Waals surface area contributed by atoms with Gasteiger partial charge in [-0.25, -0.2) is 0 Å². The minimum Gasteiger partial charge on any atom is -0.338 e. The van der Waals surface area contributed by atoms with Crippen LogP contribution in [0.4, 0.5) is 5.95 Å². The number of hydrogen-bond acceptors (Lipinski definition) is 5. The first-order chi connectivity index (χ1) is 8.65. The summed E-state index contributed by atoms with van der Waals surface area (Å²) in [5, 5.41) is 6.71. The van der Waals surface area contributed by atoms with Crippen LogP contribution in [0.15, 0.2) is 40.9 Å². The van der Waals surface area contributed by atoms with Gasteiger partial charge < -0.3 is 9.84 Å². The lowest BCUT2D eigenvalue weighted by Gasteiger charge is -2.06. The highest BCUT2D eigenvalue weighted by atomic mass is 16.5. The smallest absolute Gasteiger partial charge is 0.267 e. The summed E-state index contributed by atoms with van der Waals surface area (Å²) in [6.45, 7) is 3.20. The van der Waals surface area contributed by atoms with E-state index in [1.54, 1.807) is 6.92 Å². The van der Waals surface area contributed by atoms with Crippen LogP contribution in [0.1, 0.15) is 18.4 Å². The Kier molecular flexibility index (Phi) is 3.52. The van der Waals surface area contributed by atoms with Gasteiger partial charge in [0.2, 0.25) is 5.89 Å². The summed E-state index contributed by atoms with van der Waals surface area (Å²) in [7, 11) is 0. The van der Waals surface area contributed by atoms with Crippen LogP contribution >= 0.6 is 0 Å². The summed E-state index contributed by atoms with van der Waals surface area (Å²) >= 11 is 0. The van der Waals surface area contributed by atoms with E-state index in [2.05, 4.69) is 15.5 Å². The van der Waals surface area contributed by atoms with E-state index >= 15 is 0 Å². The van der Waals surface area contributed by atoms with Gasteiger partial charge in [0.1, 0.15) is 0 Å². The highest BCUT2D eigenvalue weighted by Crippen LogP contribution is 2.16. The molecule has 0 saturated carbocycles. The van der Waals surface area contributed by atoms with Gasteiger partial charge in [0.05, 0.1) is 5.70 Å². The molecular weight excluding hydrogens is 230 g/mol. The summed E-state index contributed by atoms with van der Waals surface area (Å²) in [6.07, 6.45) is 1.50. The van der Waals surface area contributed by atoms with Crippen molar-refractivity contribution in [1.82, 2.24) is 10.1 Å². The molecule has 1 aromatic carbocycles. The van der Waals surface area contributed by atoms with Crippen LogP contribution < -0.4 is 5.32 Å². The van der Waals surface area contributed by atoms with Crippen LogP contribution in [0.25, 0.3) is 5.70 Å². The molecule has 0 spiro atoms. The van der Waals surface area contributed by atoms with Gasteiger partial charge in [-0.05, 0) is 17.6 Å². The molecule has 1 N–H and O–H groups in total. The monoisotopic (exact) mass is 243 g/mol. The molecule has 2 rings (SSSR count). The van der Waals surface area contributed by atoms with Crippen molar-refractivity contribution in [2.45, 2.75) is 13.8 Å². The molecule has 1 aromatic heterocycles. The second-order valence-electron chi connectivity index (χ2n) is 3.80.